The van der Waals surface area contributed by atoms with Gasteiger partial charge >= 0.3 is 0 Å². The number of quaternary nitrogens is 1. The number of nitrogens with zero attached hydrogens (tertiary/aromatic N) is 2. The Labute approximate surface area is 120 Å². The molecule has 0 aromatic heterocycles. The second-order valence-electron chi connectivity index (χ2n) is 7.41. The first-order valence-corrected chi connectivity index (χ1v) is 7.75. The van der Waals surface area contributed by atoms with Crippen LogP contribution in [0.5, 0.6) is 0 Å². The van der Waals surface area contributed by atoms with Crippen molar-refractivity contribution in [3.05, 3.63) is 0 Å². The average molecular weight is 272 g/mol. The molecule has 1 aliphatic heterocycles. The molecular weight excluding hydrogens is 236 g/mol. The third-order valence-corrected chi connectivity index (χ3v) is 5.95. The molecule has 3 nitrogen and oxygen atoms in total. The first-order chi connectivity index (χ1) is 8.15. The third-order valence-electron chi connectivity index (χ3n) is 5.95. The topological polar surface area (TPSA) is 33.2 Å². The minimum atomic E-state index is 0. The summed E-state index contributed by atoms with van der Waals surface area (Å²) in [6, 6.07) is 0.811. The lowest BCUT2D eigenvalue weighted by Crippen LogP contribution is -2.67. The number of hydrogen-bond donors (Lipinski definition) is 0. The normalized spacial score (nSPS) is 24.0. The lowest BCUT2D eigenvalue weighted by Gasteiger charge is -2.57. The highest BCUT2D eigenvalue weighted by Gasteiger charge is 2.49. The van der Waals surface area contributed by atoms with Crippen molar-refractivity contribution in [1.82, 2.24) is 4.90 Å². The molecule has 1 saturated heterocycles. The summed E-state index contributed by atoms with van der Waals surface area (Å²) in [6.07, 6.45) is 2.64. The van der Waals surface area contributed by atoms with E-state index in [1.807, 2.05) is 0 Å². The van der Waals surface area contributed by atoms with Crippen LogP contribution in [0.25, 0.3) is 0 Å². The number of likely N-dealkylation sites (tertiary alicyclic amines) is 1. The molecule has 0 spiro atoms. The van der Waals surface area contributed by atoms with Crippen LogP contribution in [0.3, 0.4) is 0 Å². The van der Waals surface area contributed by atoms with Gasteiger partial charge in [0, 0.05) is 23.9 Å². The van der Waals surface area contributed by atoms with Gasteiger partial charge in [0.25, 0.3) is 0 Å². The Morgan fingerprint density at radius 1 is 0.895 bits per heavy atom. The Morgan fingerprint density at radius 3 is 1.47 bits per heavy atom. The molecule has 1 aliphatic rings. The molecule has 0 aromatic rings. The summed E-state index contributed by atoms with van der Waals surface area (Å²) in [4.78, 5) is 2.59. The quantitative estimate of drug-likeness (QED) is 0.735. The molecule has 0 aliphatic carbocycles. The van der Waals surface area contributed by atoms with E-state index in [1.54, 1.807) is 0 Å². The van der Waals surface area contributed by atoms with Crippen LogP contribution in [0, 0.1) is 0 Å². The van der Waals surface area contributed by atoms with Gasteiger partial charge in [-0.2, -0.15) is 0 Å². The molecule has 3 heteroatoms. The maximum Gasteiger partial charge on any atom is 0.0925 e. The summed E-state index contributed by atoms with van der Waals surface area (Å²) in [7, 11) is 2.30. The van der Waals surface area contributed by atoms with Crippen LogP contribution in [0.15, 0.2) is 0 Å². The van der Waals surface area contributed by atoms with E-state index in [2.05, 4.69) is 60.4 Å². The zero-order valence-electron chi connectivity index (χ0n) is 14.5. The minimum absolute atomic E-state index is 0. The van der Waals surface area contributed by atoms with E-state index in [0.717, 1.165) is 6.04 Å². The highest BCUT2D eigenvalue weighted by atomic mass is 16.0. The first-order valence-electron chi connectivity index (χ1n) is 7.75. The van der Waals surface area contributed by atoms with Gasteiger partial charge in [0.2, 0.25) is 0 Å². The fourth-order valence-corrected chi connectivity index (χ4v) is 4.15. The van der Waals surface area contributed by atoms with E-state index in [4.69, 9.17) is 0 Å². The van der Waals surface area contributed by atoms with Crippen LogP contribution in [-0.2, 0) is 0 Å². The lowest BCUT2D eigenvalue weighted by atomic mass is 9.76. The predicted molar refractivity (Wildman–Crippen MR) is 82.8 cm³/mol. The molecule has 0 saturated carbocycles. The molecule has 19 heavy (non-hydrogen) atoms. The highest BCUT2D eigenvalue weighted by Crippen LogP contribution is 2.41. The van der Waals surface area contributed by atoms with Crippen LogP contribution in [0.1, 0.15) is 61.3 Å². The van der Waals surface area contributed by atoms with Crippen molar-refractivity contribution < 1.29 is 9.96 Å². The molecule has 0 atom stereocenters. The Balaban J connectivity index is 0.00000324. The lowest BCUT2D eigenvalue weighted by molar-refractivity contribution is -0.949. The Hall–Kier alpha value is -0.120. The SMILES string of the molecule is CC[N+](CC)(CC)C1CC(C)(C)N(C)C(C)(C)C1.[OH-]. The van der Waals surface area contributed by atoms with Gasteiger partial charge in [-0.3, -0.25) is 4.90 Å². The summed E-state index contributed by atoms with van der Waals surface area (Å²) in [5.74, 6) is 0. The van der Waals surface area contributed by atoms with Crippen molar-refractivity contribution in [1.29, 1.82) is 0 Å². The van der Waals surface area contributed by atoms with Crippen LogP contribution >= 0.6 is 0 Å². The van der Waals surface area contributed by atoms with E-state index >= 15 is 0 Å². The molecule has 0 radical (unpaired) electrons. The van der Waals surface area contributed by atoms with E-state index < -0.39 is 0 Å². The summed E-state index contributed by atoms with van der Waals surface area (Å²) in [5, 5.41) is 0. The molecule has 116 valence electrons. The van der Waals surface area contributed by atoms with Crippen molar-refractivity contribution in [2.75, 3.05) is 26.7 Å². The molecule has 1 fully saturated rings. The fraction of sp³-hybridized carbons (Fsp3) is 1.00. The predicted octanol–water partition coefficient (Wildman–Crippen LogP) is 3.34. The fourth-order valence-electron chi connectivity index (χ4n) is 4.15. The zero-order valence-corrected chi connectivity index (χ0v) is 14.5. The van der Waals surface area contributed by atoms with Crippen molar-refractivity contribution in [3.8, 4) is 0 Å². The van der Waals surface area contributed by atoms with Gasteiger partial charge in [0.05, 0.1) is 25.7 Å². The maximum atomic E-state index is 2.59. The van der Waals surface area contributed by atoms with Crippen LogP contribution < -0.4 is 0 Å². The van der Waals surface area contributed by atoms with Gasteiger partial charge in [0.15, 0.2) is 0 Å². The first kappa shape index (κ1) is 18.9. The van der Waals surface area contributed by atoms with Crippen LogP contribution in [0.4, 0.5) is 0 Å². The zero-order chi connectivity index (χ0) is 14.2. The van der Waals surface area contributed by atoms with Crippen molar-refractivity contribution in [3.63, 3.8) is 0 Å². The van der Waals surface area contributed by atoms with Crippen molar-refractivity contribution in [2.45, 2.75) is 78.4 Å². The maximum absolute atomic E-state index is 2.59. The molecule has 0 unspecified atom stereocenters. The Bertz CT molecular complexity index is 256. The van der Waals surface area contributed by atoms with Gasteiger partial charge in [0.1, 0.15) is 0 Å². The van der Waals surface area contributed by atoms with Gasteiger partial charge in [-0.1, -0.05) is 0 Å². The van der Waals surface area contributed by atoms with E-state index in [1.165, 1.54) is 37.0 Å². The largest absolute Gasteiger partial charge is 0.870 e. The van der Waals surface area contributed by atoms with E-state index in [9.17, 15) is 0 Å². The molecule has 0 amide bonds. The smallest absolute Gasteiger partial charge is 0.0925 e. The Kier molecular flexibility index (Phi) is 6.07. The molecule has 0 aromatic carbocycles. The summed E-state index contributed by atoms with van der Waals surface area (Å²) < 4.78 is 1.29. The van der Waals surface area contributed by atoms with Crippen LogP contribution in [-0.4, -0.2) is 58.7 Å². The van der Waals surface area contributed by atoms with Gasteiger partial charge in [-0.25, -0.2) is 0 Å². The van der Waals surface area contributed by atoms with Gasteiger partial charge in [-0.05, 0) is 55.5 Å². The van der Waals surface area contributed by atoms with Gasteiger partial charge in [-0.15, -0.1) is 0 Å². The average Bonchev–Trinajstić information content (AvgIpc) is 2.28. The third kappa shape index (κ3) is 3.32. The summed E-state index contributed by atoms with van der Waals surface area (Å²) >= 11 is 0. The van der Waals surface area contributed by atoms with Gasteiger partial charge < -0.3 is 9.96 Å². The standard InChI is InChI=1S/C16H35N2.H2O/c1-9-18(10-2,11-3)14-12-15(4,5)17(8)16(6,7)13-14;/h14H,9-13H2,1-8H3;1H2/q+1;/p-1. The minimum Gasteiger partial charge on any atom is -0.870 e. The number of rotatable bonds is 4. The Morgan fingerprint density at radius 2 is 1.21 bits per heavy atom. The van der Waals surface area contributed by atoms with Crippen molar-refractivity contribution in [2.24, 2.45) is 0 Å². The summed E-state index contributed by atoms with van der Waals surface area (Å²) in [5.41, 5.74) is 0.630. The second kappa shape index (κ2) is 6.11. The number of hydrogen-bond acceptors (Lipinski definition) is 2. The molecule has 1 rings (SSSR count). The highest BCUT2D eigenvalue weighted by molar-refractivity contribution is 4.99. The molecule has 1 N–H and O–H groups in total. The number of piperidine rings is 1. The monoisotopic (exact) mass is 272 g/mol. The molecule has 0 bridgehead atoms. The van der Waals surface area contributed by atoms with Crippen molar-refractivity contribution >= 4 is 0 Å². The molecule has 1 heterocycles. The molecular formula is C16H36N2O. The van der Waals surface area contributed by atoms with E-state index in [-0.39, 0.29) is 5.48 Å². The van der Waals surface area contributed by atoms with Crippen LogP contribution in [0.2, 0.25) is 0 Å². The summed E-state index contributed by atoms with van der Waals surface area (Å²) in [6.45, 7) is 20.6. The second-order valence-corrected chi connectivity index (χ2v) is 7.41. The van der Waals surface area contributed by atoms with E-state index in [0.29, 0.717) is 11.1 Å².